The van der Waals surface area contributed by atoms with E-state index in [-0.39, 0.29) is 11.9 Å². The molecule has 2 rings (SSSR count). The Hall–Kier alpha value is -1.59. The first kappa shape index (κ1) is 13.8. The van der Waals surface area contributed by atoms with Crippen molar-refractivity contribution < 1.29 is 4.79 Å². The van der Waals surface area contributed by atoms with Gasteiger partial charge < -0.3 is 10.2 Å². The first-order valence-electron chi connectivity index (χ1n) is 7.04. The summed E-state index contributed by atoms with van der Waals surface area (Å²) in [7, 11) is 0. The highest BCUT2D eigenvalue weighted by Gasteiger charge is 2.43. The molecule has 2 aliphatic rings. The topological polar surface area (TPSA) is 79.9 Å². The van der Waals surface area contributed by atoms with E-state index < -0.39 is 0 Å². The van der Waals surface area contributed by atoms with Gasteiger partial charge in [0.2, 0.25) is 5.91 Å². The number of nitrogens with one attached hydrogen (secondary N) is 1. The quantitative estimate of drug-likeness (QED) is 0.800. The molecule has 0 aromatic rings. The van der Waals surface area contributed by atoms with Crippen molar-refractivity contribution in [2.24, 2.45) is 11.8 Å². The molecule has 5 nitrogen and oxygen atoms in total. The summed E-state index contributed by atoms with van der Waals surface area (Å²) in [5, 5.41) is 20.7. The Bertz CT molecular complexity index is 391. The average molecular weight is 260 g/mol. The second-order valence-electron chi connectivity index (χ2n) is 5.38. The van der Waals surface area contributed by atoms with E-state index in [0.717, 1.165) is 13.0 Å². The number of amides is 1. The largest absolute Gasteiger partial charge is 0.339 e. The van der Waals surface area contributed by atoms with Crippen molar-refractivity contribution in [3.8, 4) is 12.1 Å². The molecule has 0 radical (unpaired) electrons. The Morgan fingerprint density at radius 1 is 1.21 bits per heavy atom. The fourth-order valence-corrected chi connectivity index (χ4v) is 3.36. The molecule has 3 unspecified atom stereocenters. The minimum atomic E-state index is -0.0927. The van der Waals surface area contributed by atoms with Crippen LogP contribution in [-0.2, 0) is 4.79 Å². The summed E-state index contributed by atoms with van der Waals surface area (Å²) in [4.78, 5) is 14.2. The number of rotatable bonds is 5. The molecule has 0 aromatic heterocycles. The van der Waals surface area contributed by atoms with Crippen LogP contribution in [0.5, 0.6) is 0 Å². The van der Waals surface area contributed by atoms with Gasteiger partial charge in [-0.25, -0.2) is 0 Å². The van der Waals surface area contributed by atoms with Crippen molar-refractivity contribution in [2.45, 2.75) is 38.1 Å². The van der Waals surface area contributed by atoms with E-state index in [1.807, 2.05) is 0 Å². The van der Waals surface area contributed by atoms with Gasteiger partial charge in [-0.3, -0.25) is 4.79 Å². The average Bonchev–Trinajstić information content (AvgIpc) is 3.00. The summed E-state index contributed by atoms with van der Waals surface area (Å²) in [5.74, 6) is 1.18. The van der Waals surface area contributed by atoms with Gasteiger partial charge in [0.1, 0.15) is 0 Å². The first-order valence-corrected chi connectivity index (χ1v) is 7.04. The Balaban J connectivity index is 1.98. The molecule has 1 N–H and O–H groups in total. The Labute approximate surface area is 114 Å². The number of hydrogen-bond acceptors (Lipinski definition) is 4. The van der Waals surface area contributed by atoms with Crippen molar-refractivity contribution in [3.63, 3.8) is 0 Å². The molecule has 102 valence electrons. The van der Waals surface area contributed by atoms with E-state index in [1.165, 1.54) is 12.8 Å². The molecule has 0 bridgehead atoms. The van der Waals surface area contributed by atoms with Crippen molar-refractivity contribution in [2.75, 3.05) is 19.6 Å². The zero-order chi connectivity index (χ0) is 13.7. The molecule has 1 aliphatic carbocycles. The third-order valence-corrected chi connectivity index (χ3v) is 4.31. The second-order valence-corrected chi connectivity index (χ2v) is 5.38. The zero-order valence-electron chi connectivity index (χ0n) is 11.1. The Kier molecular flexibility index (Phi) is 4.76. The summed E-state index contributed by atoms with van der Waals surface area (Å²) in [6.45, 7) is 1.81. The van der Waals surface area contributed by atoms with Crippen LogP contribution in [0.1, 0.15) is 32.1 Å². The third kappa shape index (κ3) is 3.05. The van der Waals surface area contributed by atoms with Gasteiger partial charge in [0.05, 0.1) is 31.0 Å². The van der Waals surface area contributed by atoms with Crippen LogP contribution < -0.4 is 5.32 Å². The zero-order valence-corrected chi connectivity index (χ0v) is 11.1. The van der Waals surface area contributed by atoms with E-state index >= 15 is 0 Å². The first-order chi connectivity index (χ1) is 9.27. The van der Waals surface area contributed by atoms with Crippen molar-refractivity contribution >= 4 is 5.91 Å². The van der Waals surface area contributed by atoms with Crippen LogP contribution in [0.4, 0.5) is 0 Å². The van der Waals surface area contributed by atoms with Gasteiger partial charge in [-0.15, -0.1) is 0 Å². The van der Waals surface area contributed by atoms with Crippen LogP contribution in [0.3, 0.4) is 0 Å². The fraction of sp³-hybridized carbons (Fsp3) is 0.786. The van der Waals surface area contributed by atoms with E-state index in [2.05, 4.69) is 17.5 Å². The summed E-state index contributed by atoms with van der Waals surface area (Å²) in [6.07, 6.45) is 4.23. The van der Waals surface area contributed by atoms with Crippen LogP contribution in [0.25, 0.3) is 0 Å². The lowest BCUT2D eigenvalue weighted by molar-refractivity contribution is -0.134. The molecular formula is C14H20N4O. The number of hydrogen-bond donors (Lipinski definition) is 1. The second kappa shape index (κ2) is 6.54. The maximum Gasteiger partial charge on any atom is 0.240 e. The van der Waals surface area contributed by atoms with E-state index in [4.69, 9.17) is 10.5 Å². The molecule has 1 heterocycles. The summed E-state index contributed by atoms with van der Waals surface area (Å²) < 4.78 is 0. The van der Waals surface area contributed by atoms with E-state index in [9.17, 15) is 4.79 Å². The number of nitriles is 2. The maximum atomic E-state index is 12.5. The highest BCUT2D eigenvalue weighted by atomic mass is 16.2. The lowest BCUT2D eigenvalue weighted by atomic mass is 9.93. The number of carbonyl (C=O) groups excluding carboxylic acids is 1. The van der Waals surface area contributed by atoms with Crippen LogP contribution >= 0.6 is 0 Å². The fourth-order valence-electron chi connectivity index (χ4n) is 3.36. The standard InChI is InChI=1S/C14H20N4O/c15-6-2-8-18(9-3-7-16)14(19)13-12-5-1-4-11(12)10-17-13/h11-13,17H,1-5,8-10H2. The smallest absolute Gasteiger partial charge is 0.240 e. The predicted molar refractivity (Wildman–Crippen MR) is 69.7 cm³/mol. The van der Waals surface area contributed by atoms with Gasteiger partial charge in [0.15, 0.2) is 0 Å². The SMILES string of the molecule is N#CCCN(CCC#N)C(=O)C1NCC2CCCC21. The summed E-state index contributed by atoms with van der Waals surface area (Å²) >= 11 is 0. The molecule has 19 heavy (non-hydrogen) atoms. The Morgan fingerprint density at radius 2 is 1.89 bits per heavy atom. The molecule has 0 spiro atoms. The highest BCUT2D eigenvalue weighted by Crippen LogP contribution is 2.38. The number of fused-ring (bicyclic) bond motifs is 1. The van der Waals surface area contributed by atoms with Crippen molar-refractivity contribution in [3.05, 3.63) is 0 Å². The number of nitrogens with zero attached hydrogens (tertiary/aromatic N) is 3. The normalized spacial score (nSPS) is 28.4. The van der Waals surface area contributed by atoms with Gasteiger partial charge in [0.25, 0.3) is 0 Å². The predicted octanol–water partition coefficient (Wildman–Crippen LogP) is 1.03. The van der Waals surface area contributed by atoms with Gasteiger partial charge in [-0.05, 0) is 31.2 Å². The van der Waals surface area contributed by atoms with Gasteiger partial charge in [-0.1, -0.05) is 6.42 Å². The molecule has 1 saturated heterocycles. The van der Waals surface area contributed by atoms with Crippen molar-refractivity contribution in [1.29, 1.82) is 10.5 Å². The lowest BCUT2D eigenvalue weighted by Crippen LogP contribution is -2.47. The summed E-state index contributed by atoms with van der Waals surface area (Å²) in [5.41, 5.74) is 0. The minimum Gasteiger partial charge on any atom is -0.339 e. The van der Waals surface area contributed by atoms with Crippen molar-refractivity contribution in [1.82, 2.24) is 10.2 Å². The van der Waals surface area contributed by atoms with Crippen LogP contribution in [0, 0.1) is 34.5 Å². The molecule has 1 aliphatic heterocycles. The molecular weight excluding hydrogens is 240 g/mol. The minimum absolute atomic E-state index is 0.0832. The molecule has 2 fully saturated rings. The summed E-state index contributed by atoms with van der Waals surface area (Å²) in [6, 6.07) is 4.05. The van der Waals surface area contributed by atoms with E-state index in [1.54, 1.807) is 4.90 Å². The van der Waals surface area contributed by atoms with Gasteiger partial charge in [-0.2, -0.15) is 10.5 Å². The highest BCUT2D eigenvalue weighted by molar-refractivity contribution is 5.82. The van der Waals surface area contributed by atoms with Crippen LogP contribution in [0.15, 0.2) is 0 Å². The van der Waals surface area contributed by atoms with Gasteiger partial charge >= 0.3 is 0 Å². The molecule has 0 aromatic carbocycles. The van der Waals surface area contributed by atoms with E-state index in [0.29, 0.717) is 37.8 Å². The van der Waals surface area contributed by atoms with Crippen LogP contribution in [0.2, 0.25) is 0 Å². The monoisotopic (exact) mass is 260 g/mol. The molecule has 1 amide bonds. The van der Waals surface area contributed by atoms with Gasteiger partial charge in [0, 0.05) is 13.1 Å². The van der Waals surface area contributed by atoms with Crippen LogP contribution in [-0.4, -0.2) is 36.5 Å². The lowest BCUT2D eigenvalue weighted by Gasteiger charge is -2.26. The third-order valence-electron chi connectivity index (χ3n) is 4.31. The number of carbonyl (C=O) groups is 1. The maximum absolute atomic E-state index is 12.5. The molecule has 3 atom stereocenters. The molecule has 5 heteroatoms. The Morgan fingerprint density at radius 3 is 2.53 bits per heavy atom. The molecule has 1 saturated carbocycles.